The number of rotatable bonds is 2. The van der Waals surface area contributed by atoms with Crippen molar-refractivity contribution < 1.29 is 9.90 Å². The van der Waals surface area contributed by atoms with Crippen molar-refractivity contribution in [1.82, 2.24) is 4.90 Å². The zero-order valence-electron chi connectivity index (χ0n) is 8.29. The minimum Gasteiger partial charge on any atom is -0.480 e. The first-order valence-corrected chi connectivity index (χ1v) is 5.07. The topological polar surface area (TPSA) is 40.5 Å². The van der Waals surface area contributed by atoms with Gasteiger partial charge >= 0.3 is 5.97 Å². The van der Waals surface area contributed by atoms with E-state index < -0.39 is 11.5 Å². The molecule has 1 unspecified atom stereocenters. The Bertz CT molecular complexity index is 237. The van der Waals surface area contributed by atoms with E-state index in [9.17, 15) is 9.90 Å². The van der Waals surface area contributed by atoms with Gasteiger partial charge in [-0.05, 0) is 38.6 Å². The standard InChI is InChI=1S/C10H17NO2/c1-7-5-6-11(8-3-4-8)10(7,2)9(12)13/h7-8H,3-6H2,1-2H3,(H,12,13)/t7?,10-/m0/s1. The summed E-state index contributed by atoms with van der Waals surface area (Å²) in [7, 11) is 0. The second-order valence-corrected chi connectivity index (χ2v) is 4.57. The van der Waals surface area contributed by atoms with Gasteiger partial charge < -0.3 is 5.11 Å². The van der Waals surface area contributed by atoms with E-state index in [0.29, 0.717) is 6.04 Å². The van der Waals surface area contributed by atoms with Crippen molar-refractivity contribution in [3.63, 3.8) is 0 Å². The predicted octanol–water partition coefficient (Wildman–Crippen LogP) is 1.33. The maximum absolute atomic E-state index is 11.2. The lowest BCUT2D eigenvalue weighted by Gasteiger charge is -2.34. The summed E-state index contributed by atoms with van der Waals surface area (Å²) >= 11 is 0. The first-order chi connectivity index (χ1) is 6.06. The highest BCUT2D eigenvalue weighted by Gasteiger charge is 2.53. The summed E-state index contributed by atoms with van der Waals surface area (Å²) in [5.41, 5.74) is -0.596. The minimum absolute atomic E-state index is 0.283. The summed E-state index contributed by atoms with van der Waals surface area (Å²) in [6.45, 7) is 4.90. The fourth-order valence-corrected chi connectivity index (χ4v) is 2.41. The normalized spacial score (nSPS) is 40.9. The minimum atomic E-state index is -0.649. The molecule has 0 aromatic rings. The van der Waals surface area contributed by atoms with E-state index in [0.717, 1.165) is 13.0 Å². The molecular weight excluding hydrogens is 166 g/mol. The summed E-state index contributed by atoms with van der Waals surface area (Å²) < 4.78 is 0. The Morgan fingerprint density at radius 2 is 2.08 bits per heavy atom. The van der Waals surface area contributed by atoms with E-state index in [1.54, 1.807) is 0 Å². The lowest BCUT2D eigenvalue weighted by atomic mass is 9.88. The Morgan fingerprint density at radius 1 is 1.46 bits per heavy atom. The van der Waals surface area contributed by atoms with Gasteiger partial charge in [-0.15, -0.1) is 0 Å². The SMILES string of the molecule is CC1CCN(C2CC2)[C@]1(C)C(=O)O. The van der Waals surface area contributed by atoms with Gasteiger partial charge in [-0.1, -0.05) is 6.92 Å². The van der Waals surface area contributed by atoms with Gasteiger partial charge in [0.1, 0.15) is 5.54 Å². The summed E-state index contributed by atoms with van der Waals surface area (Å²) in [6.07, 6.45) is 3.41. The number of carboxylic acids is 1. The Morgan fingerprint density at radius 3 is 2.54 bits per heavy atom. The molecule has 3 heteroatoms. The average Bonchev–Trinajstić information content (AvgIpc) is 2.83. The molecule has 1 saturated heterocycles. The monoisotopic (exact) mass is 183 g/mol. The molecule has 0 bridgehead atoms. The molecule has 2 rings (SSSR count). The molecule has 3 nitrogen and oxygen atoms in total. The van der Waals surface area contributed by atoms with E-state index >= 15 is 0 Å². The Labute approximate surface area is 78.7 Å². The van der Waals surface area contributed by atoms with Gasteiger partial charge in [-0.2, -0.15) is 0 Å². The van der Waals surface area contributed by atoms with Crippen molar-refractivity contribution in [2.45, 2.75) is 44.7 Å². The highest BCUT2D eigenvalue weighted by Crippen LogP contribution is 2.42. The van der Waals surface area contributed by atoms with Crippen LogP contribution in [0.15, 0.2) is 0 Å². The maximum Gasteiger partial charge on any atom is 0.324 e. The molecule has 1 heterocycles. The number of hydrogen-bond acceptors (Lipinski definition) is 2. The fraction of sp³-hybridized carbons (Fsp3) is 0.900. The molecule has 0 radical (unpaired) electrons. The van der Waals surface area contributed by atoms with Crippen LogP contribution in [-0.4, -0.2) is 34.1 Å². The molecule has 0 amide bonds. The zero-order chi connectivity index (χ0) is 9.64. The largest absolute Gasteiger partial charge is 0.480 e. The lowest BCUT2D eigenvalue weighted by Crippen LogP contribution is -2.52. The first-order valence-electron chi connectivity index (χ1n) is 5.07. The number of nitrogens with zero attached hydrogens (tertiary/aromatic N) is 1. The Kier molecular flexibility index (Phi) is 1.88. The Balaban J connectivity index is 2.23. The fourth-order valence-electron chi connectivity index (χ4n) is 2.41. The van der Waals surface area contributed by atoms with Crippen LogP contribution >= 0.6 is 0 Å². The highest BCUT2D eigenvalue weighted by molar-refractivity contribution is 5.79. The van der Waals surface area contributed by atoms with Crippen LogP contribution in [0.4, 0.5) is 0 Å². The number of carbonyl (C=O) groups is 1. The highest BCUT2D eigenvalue weighted by atomic mass is 16.4. The van der Waals surface area contributed by atoms with Gasteiger partial charge in [-0.3, -0.25) is 9.69 Å². The third-order valence-corrected chi connectivity index (χ3v) is 3.78. The molecule has 2 atom stereocenters. The number of likely N-dealkylation sites (tertiary alicyclic amines) is 1. The summed E-state index contributed by atoms with van der Waals surface area (Å²) in [5.74, 6) is -0.366. The van der Waals surface area contributed by atoms with E-state index in [4.69, 9.17) is 0 Å². The molecule has 0 aromatic heterocycles. The van der Waals surface area contributed by atoms with Crippen LogP contribution in [0, 0.1) is 5.92 Å². The van der Waals surface area contributed by atoms with E-state index in [1.807, 2.05) is 6.92 Å². The average molecular weight is 183 g/mol. The number of hydrogen-bond donors (Lipinski definition) is 1. The third kappa shape index (κ3) is 1.17. The van der Waals surface area contributed by atoms with Crippen molar-refractivity contribution >= 4 is 5.97 Å². The van der Waals surface area contributed by atoms with Crippen molar-refractivity contribution in [3.05, 3.63) is 0 Å². The molecule has 1 saturated carbocycles. The maximum atomic E-state index is 11.2. The van der Waals surface area contributed by atoms with Gasteiger partial charge in [0.25, 0.3) is 0 Å². The zero-order valence-corrected chi connectivity index (χ0v) is 8.29. The van der Waals surface area contributed by atoms with E-state index in [-0.39, 0.29) is 5.92 Å². The molecule has 1 N–H and O–H groups in total. The summed E-state index contributed by atoms with van der Waals surface area (Å²) in [6, 6.07) is 0.561. The van der Waals surface area contributed by atoms with Crippen LogP contribution in [0.25, 0.3) is 0 Å². The van der Waals surface area contributed by atoms with Crippen molar-refractivity contribution in [1.29, 1.82) is 0 Å². The van der Waals surface area contributed by atoms with Crippen LogP contribution in [-0.2, 0) is 4.79 Å². The number of carboxylic acid groups (broad SMARTS) is 1. The lowest BCUT2D eigenvalue weighted by molar-refractivity contribution is -0.151. The van der Waals surface area contributed by atoms with E-state index in [2.05, 4.69) is 11.8 Å². The van der Waals surface area contributed by atoms with Crippen LogP contribution in [0.3, 0.4) is 0 Å². The summed E-state index contributed by atoms with van der Waals surface area (Å²) in [5, 5.41) is 9.25. The molecule has 1 aliphatic heterocycles. The van der Waals surface area contributed by atoms with Crippen LogP contribution in [0.2, 0.25) is 0 Å². The van der Waals surface area contributed by atoms with Crippen LogP contribution < -0.4 is 0 Å². The van der Waals surface area contributed by atoms with Gasteiger partial charge in [0.15, 0.2) is 0 Å². The van der Waals surface area contributed by atoms with Crippen LogP contribution in [0.5, 0.6) is 0 Å². The molecule has 74 valence electrons. The molecule has 2 fully saturated rings. The van der Waals surface area contributed by atoms with Crippen molar-refractivity contribution in [3.8, 4) is 0 Å². The molecule has 0 spiro atoms. The van der Waals surface area contributed by atoms with Crippen molar-refractivity contribution in [2.75, 3.05) is 6.54 Å². The third-order valence-electron chi connectivity index (χ3n) is 3.78. The second kappa shape index (κ2) is 2.71. The molecule has 2 aliphatic rings. The Hall–Kier alpha value is -0.570. The van der Waals surface area contributed by atoms with Gasteiger partial charge in [-0.25, -0.2) is 0 Å². The van der Waals surface area contributed by atoms with E-state index in [1.165, 1.54) is 12.8 Å². The molecule has 13 heavy (non-hydrogen) atoms. The van der Waals surface area contributed by atoms with Crippen molar-refractivity contribution in [2.24, 2.45) is 5.92 Å². The molecule has 1 aliphatic carbocycles. The van der Waals surface area contributed by atoms with Gasteiger partial charge in [0, 0.05) is 6.04 Å². The second-order valence-electron chi connectivity index (χ2n) is 4.57. The van der Waals surface area contributed by atoms with Crippen LogP contribution in [0.1, 0.15) is 33.1 Å². The smallest absolute Gasteiger partial charge is 0.324 e. The number of aliphatic carboxylic acids is 1. The summed E-state index contributed by atoms with van der Waals surface area (Å²) in [4.78, 5) is 13.4. The van der Waals surface area contributed by atoms with Gasteiger partial charge in [0.05, 0.1) is 0 Å². The molecule has 0 aromatic carbocycles. The quantitative estimate of drug-likeness (QED) is 0.702. The predicted molar refractivity (Wildman–Crippen MR) is 49.5 cm³/mol. The first kappa shape index (κ1) is 9.00. The molecular formula is C10H17NO2. The van der Waals surface area contributed by atoms with Gasteiger partial charge in [0.2, 0.25) is 0 Å².